The van der Waals surface area contributed by atoms with Crippen molar-refractivity contribution in [2.24, 2.45) is 10.7 Å². The topological polar surface area (TPSA) is 75.8 Å². The maximum atomic E-state index is 10.5. The molecular weight excluding hydrogens is 454 g/mol. The molecule has 0 heterocycles. The highest BCUT2D eigenvalue weighted by atomic mass is 32.2. The van der Waals surface area contributed by atoms with E-state index in [1.807, 2.05) is 43.4 Å². The van der Waals surface area contributed by atoms with Crippen molar-refractivity contribution in [3.63, 3.8) is 0 Å². The first-order valence-electron chi connectivity index (χ1n) is 12.2. The molecular formula is C29H39N3O2S. The summed E-state index contributed by atoms with van der Waals surface area (Å²) in [6.45, 7) is 8.46. The molecule has 0 aliphatic rings. The lowest BCUT2D eigenvalue weighted by atomic mass is 10.0. The Bertz CT molecular complexity index is 1170. The second-order valence-electron chi connectivity index (χ2n) is 8.45. The smallest absolute Gasteiger partial charge is 0.140 e. The second kappa shape index (κ2) is 15.8. The standard InChI is InChI=1S/C29H39N3O2S/c1-24(31-21-11-12-23-35(33)34)14-7-5-4-6-8-15-25(2)32(22-13-20-30)29-19-18-27-16-9-10-17-28(27)26(29)3/h4-10,14-19,35H,11-13,20-23,30H2,1-3H3/b5-4+,8-6+,14-7+,25-15+,31-24-. The SMILES string of the molecule is CC(/C=C/C=C/C=C/C=C(\C)N(CCCN)c1ccc2ccccc2c1C)=N/CCCC[SH](=O)=O. The van der Waals surface area contributed by atoms with Crippen LogP contribution in [0.1, 0.15) is 38.7 Å². The van der Waals surface area contributed by atoms with E-state index in [2.05, 4.69) is 66.2 Å². The molecule has 0 unspecified atom stereocenters. The molecule has 188 valence electrons. The number of hydrogen-bond acceptors (Lipinski definition) is 5. The minimum Gasteiger partial charge on any atom is -0.345 e. The van der Waals surface area contributed by atoms with E-state index < -0.39 is 10.7 Å². The molecule has 0 saturated carbocycles. The number of nitrogens with zero attached hydrogens (tertiary/aromatic N) is 2. The molecule has 2 N–H and O–H groups in total. The number of hydrogen-bond donors (Lipinski definition) is 2. The summed E-state index contributed by atoms with van der Waals surface area (Å²) in [4.78, 5) is 6.78. The second-order valence-corrected chi connectivity index (χ2v) is 9.56. The van der Waals surface area contributed by atoms with Gasteiger partial charge in [-0.2, -0.15) is 0 Å². The van der Waals surface area contributed by atoms with E-state index in [0.717, 1.165) is 25.1 Å². The summed E-state index contributed by atoms with van der Waals surface area (Å²) in [5.74, 6) is 0.245. The van der Waals surface area contributed by atoms with Crippen LogP contribution in [0.25, 0.3) is 10.8 Å². The molecule has 0 bridgehead atoms. The van der Waals surface area contributed by atoms with Crippen molar-refractivity contribution in [1.82, 2.24) is 0 Å². The van der Waals surface area contributed by atoms with Gasteiger partial charge in [-0.05, 0) is 81.1 Å². The Hall–Kier alpha value is -2.96. The number of benzene rings is 2. The van der Waals surface area contributed by atoms with E-state index >= 15 is 0 Å². The van der Waals surface area contributed by atoms with E-state index in [1.165, 1.54) is 27.7 Å². The molecule has 35 heavy (non-hydrogen) atoms. The van der Waals surface area contributed by atoms with Crippen molar-refractivity contribution in [2.45, 2.75) is 40.0 Å². The molecule has 2 aromatic carbocycles. The Kier molecular flexibility index (Phi) is 12.8. The number of rotatable bonds is 14. The molecule has 0 fully saturated rings. The monoisotopic (exact) mass is 493 g/mol. The Balaban J connectivity index is 1.99. The fourth-order valence-electron chi connectivity index (χ4n) is 3.78. The van der Waals surface area contributed by atoms with Gasteiger partial charge in [0.2, 0.25) is 0 Å². The average molecular weight is 494 g/mol. The fourth-order valence-corrected chi connectivity index (χ4v) is 4.26. The van der Waals surface area contributed by atoms with Crippen LogP contribution in [0.3, 0.4) is 0 Å². The maximum absolute atomic E-state index is 10.5. The van der Waals surface area contributed by atoms with Gasteiger partial charge < -0.3 is 10.6 Å². The summed E-state index contributed by atoms with van der Waals surface area (Å²) in [7, 11) is -2.27. The van der Waals surface area contributed by atoms with Crippen LogP contribution < -0.4 is 10.6 Å². The molecule has 2 rings (SSSR count). The van der Waals surface area contributed by atoms with Gasteiger partial charge >= 0.3 is 0 Å². The van der Waals surface area contributed by atoms with Crippen LogP contribution in [0.2, 0.25) is 0 Å². The first-order chi connectivity index (χ1) is 16.9. The fraction of sp³-hybridized carbons (Fsp3) is 0.345. The van der Waals surface area contributed by atoms with Crippen LogP contribution in [0.15, 0.2) is 89.6 Å². The van der Waals surface area contributed by atoms with Crippen LogP contribution in [0, 0.1) is 6.92 Å². The van der Waals surface area contributed by atoms with Crippen molar-refractivity contribution in [3.05, 3.63) is 90.2 Å². The molecule has 0 amide bonds. The minimum atomic E-state index is -2.27. The molecule has 0 aliphatic carbocycles. The Morgan fingerprint density at radius 3 is 2.49 bits per heavy atom. The number of nitrogens with two attached hydrogens (primary N) is 1. The van der Waals surface area contributed by atoms with E-state index in [9.17, 15) is 8.42 Å². The number of fused-ring (bicyclic) bond motifs is 1. The van der Waals surface area contributed by atoms with Crippen molar-refractivity contribution >= 4 is 32.9 Å². The lowest BCUT2D eigenvalue weighted by Gasteiger charge is -2.28. The number of anilines is 1. The third-order valence-corrected chi connectivity index (χ3v) is 6.38. The van der Waals surface area contributed by atoms with Gasteiger partial charge in [0.15, 0.2) is 0 Å². The van der Waals surface area contributed by atoms with Crippen LogP contribution in [-0.4, -0.2) is 39.5 Å². The van der Waals surface area contributed by atoms with Gasteiger partial charge in [0.1, 0.15) is 10.7 Å². The van der Waals surface area contributed by atoms with Crippen molar-refractivity contribution in [3.8, 4) is 0 Å². The van der Waals surface area contributed by atoms with Crippen LogP contribution in [0.5, 0.6) is 0 Å². The highest BCUT2D eigenvalue weighted by Gasteiger charge is 2.12. The van der Waals surface area contributed by atoms with Crippen molar-refractivity contribution < 1.29 is 8.42 Å². The van der Waals surface area contributed by atoms with Crippen LogP contribution >= 0.6 is 0 Å². The molecule has 0 radical (unpaired) electrons. The lowest BCUT2D eigenvalue weighted by Crippen LogP contribution is -2.25. The Labute approximate surface area is 212 Å². The third kappa shape index (κ3) is 10.0. The Morgan fingerprint density at radius 2 is 1.71 bits per heavy atom. The zero-order chi connectivity index (χ0) is 25.5. The van der Waals surface area contributed by atoms with Crippen molar-refractivity contribution in [1.29, 1.82) is 0 Å². The summed E-state index contributed by atoms with van der Waals surface area (Å²) >= 11 is 0. The highest BCUT2D eigenvalue weighted by Crippen LogP contribution is 2.30. The van der Waals surface area contributed by atoms with E-state index in [1.54, 1.807) is 0 Å². The molecule has 2 aromatic rings. The number of aryl methyl sites for hydroxylation is 1. The average Bonchev–Trinajstić information content (AvgIpc) is 2.84. The number of thiol groups is 1. The predicted octanol–water partition coefficient (Wildman–Crippen LogP) is 5.73. The van der Waals surface area contributed by atoms with E-state index in [-0.39, 0.29) is 5.75 Å². The minimum absolute atomic E-state index is 0.245. The van der Waals surface area contributed by atoms with Crippen LogP contribution in [0.4, 0.5) is 5.69 Å². The molecule has 0 spiro atoms. The summed E-state index contributed by atoms with van der Waals surface area (Å²) < 4.78 is 21.1. The zero-order valence-electron chi connectivity index (χ0n) is 21.2. The lowest BCUT2D eigenvalue weighted by molar-refractivity contribution is 0.610. The van der Waals surface area contributed by atoms with Gasteiger partial charge in [0.25, 0.3) is 0 Å². The first kappa shape index (κ1) is 28.3. The number of aliphatic imine (C=N–C) groups is 1. The molecule has 6 heteroatoms. The van der Waals surface area contributed by atoms with Gasteiger partial charge in [-0.1, -0.05) is 60.7 Å². The van der Waals surface area contributed by atoms with Gasteiger partial charge in [0.05, 0.1) is 0 Å². The highest BCUT2D eigenvalue weighted by molar-refractivity contribution is 7.72. The third-order valence-electron chi connectivity index (χ3n) is 5.70. The Morgan fingerprint density at radius 1 is 0.971 bits per heavy atom. The van der Waals surface area contributed by atoms with Gasteiger partial charge in [-0.25, -0.2) is 8.42 Å². The normalized spacial score (nSPS) is 13.3. The maximum Gasteiger partial charge on any atom is 0.140 e. The van der Waals surface area contributed by atoms with E-state index in [4.69, 9.17) is 5.73 Å². The summed E-state index contributed by atoms with van der Waals surface area (Å²) in [6.07, 6.45) is 16.4. The molecule has 0 aromatic heterocycles. The van der Waals surface area contributed by atoms with Gasteiger partial charge in [0, 0.05) is 35.9 Å². The van der Waals surface area contributed by atoms with Gasteiger partial charge in [-0.15, -0.1) is 0 Å². The zero-order valence-corrected chi connectivity index (χ0v) is 22.1. The van der Waals surface area contributed by atoms with Crippen LogP contribution in [-0.2, 0) is 10.7 Å². The first-order valence-corrected chi connectivity index (χ1v) is 13.6. The summed E-state index contributed by atoms with van der Waals surface area (Å²) in [5.41, 5.74) is 10.4. The largest absolute Gasteiger partial charge is 0.345 e. The summed E-state index contributed by atoms with van der Waals surface area (Å²) in [5, 5.41) is 2.53. The molecule has 0 saturated heterocycles. The quantitative estimate of drug-likeness (QED) is 0.153. The van der Waals surface area contributed by atoms with Gasteiger partial charge in [-0.3, -0.25) is 4.99 Å². The predicted molar refractivity (Wildman–Crippen MR) is 153 cm³/mol. The number of unbranched alkanes of at least 4 members (excludes halogenated alkanes) is 1. The summed E-state index contributed by atoms with van der Waals surface area (Å²) in [6, 6.07) is 12.9. The van der Waals surface area contributed by atoms with Crippen molar-refractivity contribution in [2.75, 3.05) is 30.3 Å². The number of allylic oxidation sites excluding steroid dienone is 8. The molecule has 0 aliphatic heterocycles. The van der Waals surface area contributed by atoms with E-state index in [0.29, 0.717) is 19.5 Å². The molecule has 0 atom stereocenters. The molecule has 5 nitrogen and oxygen atoms in total.